The highest BCUT2D eigenvalue weighted by Crippen LogP contribution is 2.31. The van der Waals surface area contributed by atoms with Crippen LogP contribution < -0.4 is 0 Å². The van der Waals surface area contributed by atoms with Crippen molar-refractivity contribution in [2.24, 2.45) is 0 Å². The van der Waals surface area contributed by atoms with Crippen molar-refractivity contribution in [3.63, 3.8) is 0 Å². The Hall–Kier alpha value is -2.43. The van der Waals surface area contributed by atoms with Crippen molar-refractivity contribution in [1.29, 1.82) is 0 Å². The number of aromatic amines is 1. The minimum Gasteiger partial charge on any atom is -0.373 e. The van der Waals surface area contributed by atoms with E-state index in [1.54, 1.807) is 0 Å². The van der Waals surface area contributed by atoms with Gasteiger partial charge in [-0.3, -0.25) is 9.69 Å². The first kappa shape index (κ1) is 17.0. The van der Waals surface area contributed by atoms with Crippen LogP contribution in [0.5, 0.6) is 0 Å². The van der Waals surface area contributed by atoms with E-state index in [9.17, 15) is 4.79 Å². The van der Waals surface area contributed by atoms with Gasteiger partial charge in [0.25, 0.3) is 0 Å². The molecule has 1 aliphatic heterocycles. The molecule has 3 atom stereocenters. The highest BCUT2D eigenvalue weighted by molar-refractivity contribution is 6.10. The zero-order valence-corrected chi connectivity index (χ0v) is 15.2. The van der Waals surface area contributed by atoms with Gasteiger partial charge in [0, 0.05) is 35.8 Å². The van der Waals surface area contributed by atoms with Crippen molar-refractivity contribution < 1.29 is 9.53 Å². The number of ketones is 1. The maximum absolute atomic E-state index is 13.6. The van der Waals surface area contributed by atoms with E-state index in [4.69, 9.17) is 4.74 Å². The summed E-state index contributed by atoms with van der Waals surface area (Å²) in [6.45, 7) is 5.64. The van der Waals surface area contributed by atoms with Gasteiger partial charge in [0.1, 0.15) is 0 Å². The SMILES string of the molecule is C[C@@H]1CN([C@@H](C(=O)c2c[nH]c3ccccc23)c2ccccc2)C[C@@H](C)O1. The second-order valence-electron chi connectivity index (χ2n) is 7.14. The first-order valence-corrected chi connectivity index (χ1v) is 9.18. The van der Waals surface area contributed by atoms with Gasteiger partial charge in [0.2, 0.25) is 0 Å². The van der Waals surface area contributed by atoms with Crippen LogP contribution in [0.15, 0.2) is 60.8 Å². The van der Waals surface area contributed by atoms with Crippen LogP contribution in [0.25, 0.3) is 10.9 Å². The van der Waals surface area contributed by atoms with Crippen LogP contribution in [-0.4, -0.2) is 41.0 Å². The van der Waals surface area contributed by atoms with Crippen LogP contribution >= 0.6 is 0 Å². The molecule has 1 saturated heterocycles. The van der Waals surface area contributed by atoms with E-state index in [1.165, 1.54) is 0 Å². The maximum atomic E-state index is 13.6. The van der Waals surface area contributed by atoms with Crippen LogP contribution in [-0.2, 0) is 4.74 Å². The van der Waals surface area contributed by atoms with Gasteiger partial charge in [-0.15, -0.1) is 0 Å². The molecule has 1 N–H and O–H groups in total. The smallest absolute Gasteiger partial charge is 0.186 e. The van der Waals surface area contributed by atoms with E-state index < -0.39 is 0 Å². The molecule has 1 aliphatic rings. The fourth-order valence-corrected chi connectivity index (χ4v) is 4.01. The fraction of sp³-hybridized carbons (Fsp3) is 0.318. The summed E-state index contributed by atoms with van der Waals surface area (Å²) in [5.74, 6) is 0.134. The predicted molar refractivity (Wildman–Crippen MR) is 103 cm³/mol. The van der Waals surface area contributed by atoms with Crippen LogP contribution in [0, 0.1) is 0 Å². The van der Waals surface area contributed by atoms with Gasteiger partial charge in [-0.25, -0.2) is 0 Å². The number of fused-ring (bicyclic) bond motifs is 1. The summed E-state index contributed by atoms with van der Waals surface area (Å²) in [6, 6.07) is 17.7. The van der Waals surface area contributed by atoms with Gasteiger partial charge in [-0.2, -0.15) is 0 Å². The van der Waals surface area contributed by atoms with Crippen LogP contribution in [0.4, 0.5) is 0 Å². The summed E-state index contributed by atoms with van der Waals surface area (Å²) in [5, 5.41) is 0.979. The molecule has 26 heavy (non-hydrogen) atoms. The first-order valence-electron chi connectivity index (χ1n) is 9.18. The Balaban J connectivity index is 1.76. The Morgan fingerprint density at radius 3 is 2.42 bits per heavy atom. The number of nitrogens with zero attached hydrogens (tertiary/aromatic N) is 1. The highest BCUT2D eigenvalue weighted by atomic mass is 16.5. The summed E-state index contributed by atoms with van der Waals surface area (Å²) >= 11 is 0. The minimum absolute atomic E-state index is 0.112. The Morgan fingerprint density at radius 2 is 1.69 bits per heavy atom. The van der Waals surface area contributed by atoms with Gasteiger partial charge >= 0.3 is 0 Å². The molecule has 0 radical (unpaired) electrons. The summed E-state index contributed by atoms with van der Waals surface area (Å²) in [6.07, 6.45) is 2.07. The van der Waals surface area contributed by atoms with Crippen molar-refractivity contribution in [2.75, 3.05) is 13.1 Å². The molecule has 0 aliphatic carbocycles. The van der Waals surface area contributed by atoms with Crippen molar-refractivity contribution in [1.82, 2.24) is 9.88 Å². The minimum atomic E-state index is -0.302. The lowest BCUT2D eigenvalue weighted by atomic mass is 9.94. The van der Waals surface area contributed by atoms with E-state index in [0.717, 1.165) is 35.1 Å². The van der Waals surface area contributed by atoms with Crippen LogP contribution in [0.3, 0.4) is 0 Å². The standard InChI is InChI=1S/C22H24N2O2/c1-15-13-24(14-16(2)26-15)21(17-8-4-3-5-9-17)22(25)19-12-23-20-11-7-6-10-18(19)20/h3-12,15-16,21,23H,13-14H2,1-2H3/t15-,16-,21-/m1/s1. The number of H-pyrrole nitrogens is 1. The third-order valence-corrected chi connectivity index (χ3v) is 5.03. The number of carbonyl (C=O) groups excluding carboxylic acids is 1. The number of rotatable bonds is 4. The Labute approximate surface area is 153 Å². The fourth-order valence-electron chi connectivity index (χ4n) is 4.01. The molecule has 0 amide bonds. The lowest BCUT2D eigenvalue weighted by Gasteiger charge is -2.39. The number of nitrogens with one attached hydrogen (secondary N) is 1. The number of aromatic nitrogens is 1. The van der Waals surface area contributed by atoms with Crippen molar-refractivity contribution in [3.8, 4) is 0 Å². The Kier molecular flexibility index (Phi) is 4.62. The average molecular weight is 348 g/mol. The number of para-hydroxylation sites is 1. The van der Waals surface area contributed by atoms with Crippen molar-refractivity contribution in [2.45, 2.75) is 32.1 Å². The maximum Gasteiger partial charge on any atom is 0.186 e. The van der Waals surface area contributed by atoms with Crippen molar-refractivity contribution >= 4 is 16.7 Å². The molecule has 134 valence electrons. The zero-order valence-electron chi connectivity index (χ0n) is 15.2. The second kappa shape index (κ2) is 7.06. The third-order valence-electron chi connectivity index (χ3n) is 5.03. The zero-order chi connectivity index (χ0) is 18.1. The molecule has 0 bridgehead atoms. The lowest BCUT2D eigenvalue weighted by Crippen LogP contribution is -2.48. The van der Waals surface area contributed by atoms with Crippen LogP contribution in [0.1, 0.15) is 35.8 Å². The molecule has 0 unspecified atom stereocenters. The monoisotopic (exact) mass is 348 g/mol. The predicted octanol–water partition coefficient (Wildman–Crippen LogP) is 4.20. The topological polar surface area (TPSA) is 45.3 Å². The van der Waals surface area contributed by atoms with Crippen LogP contribution in [0.2, 0.25) is 0 Å². The summed E-state index contributed by atoms with van der Waals surface area (Å²) in [7, 11) is 0. The Bertz CT molecular complexity index is 893. The van der Waals surface area contributed by atoms with E-state index in [1.807, 2.05) is 60.8 Å². The molecule has 3 aromatic rings. The number of benzene rings is 2. The molecule has 2 heterocycles. The van der Waals surface area contributed by atoms with E-state index in [2.05, 4.69) is 23.7 Å². The molecule has 0 spiro atoms. The number of morpholine rings is 1. The van der Waals surface area contributed by atoms with E-state index in [0.29, 0.717) is 0 Å². The number of ether oxygens (including phenoxy) is 1. The number of hydrogen-bond acceptors (Lipinski definition) is 3. The van der Waals surface area contributed by atoms with Gasteiger partial charge in [-0.05, 0) is 25.5 Å². The molecule has 2 aromatic carbocycles. The number of Topliss-reactive ketones (excluding diaryl/α,β-unsaturated/α-hetero) is 1. The normalized spacial score (nSPS) is 22.4. The first-order chi connectivity index (χ1) is 12.6. The van der Waals surface area contributed by atoms with E-state index in [-0.39, 0.29) is 24.0 Å². The molecule has 4 nitrogen and oxygen atoms in total. The molecule has 0 saturated carbocycles. The van der Waals surface area contributed by atoms with Gasteiger partial charge in [0.15, 0.2) is 5.78 Å². The van der Waals surface area contributed by atoms with Gasteiger partial charge in [0.05, 0.1) is 18.2 Å². The number of carbonyl (C=O) groups is 1. The lowest BCUT2D eigenvalue weighted by molar-refractivity contribution is -0.0766. The molecular formula is C22H24N2O2. The molecule has 1 aromatic heterocycles. The summed E-state index contributed by atoms with van der Waals surface area (Å²) in [5.41, 5.74) is 2.77. The highest BCUT2D eigenvalue weighted by Gasteiger charge is 2.34. The summed E-state index contributed by atoms with van der Waals surface area (Å²) in [4.78, 5) is 19.1. The summed E-state index contributed by atoms with van der Waals surface area (Å²) < 4.78 is 5.88. The van der Waals surface area contributed by atoms with Gasteiger partial charge in [-0.1, -0.05) is 48.5 Å². The molecular weight excluding hydrogens is 324 g/mol. The third kappa shape index (κ3) is 3.18. The number of hydrogen-bond donors (Lipinski definition) is 1. The quantitative estimate of drug-likeness (QED) is 0.719. The van der Waals surface area contributed by atoms with Crippen molar-refractivity contribution in [3.05, 3.63) is 71.9 Å². The molecule has 4 heteroatoms. The largest absolute Gasteiger partial charge is 0.373 e. The van der Waals surface area contributed by atoms with E-state index >= 15 is 0 Å². The average Bonchev–Trinajstić information content (AvgIpc) is 3.06. The Morgan fingerprint density at radius 1 is 1.04 bits per heavy atom. The second-order valence-corrected chi connectivity index (χ2v) is 7.14. The molecule has 1 fully saturated rings. The van der Waals surface area contributed by atoms with Gasteiger partial charge < -0.3 is 9.72 Å². The molecule has 4 rings (SSSR count).